The van der Waals surface area contributed by atoms with Crippen LogP contribution in [0.1, 0.15) is 10.4 Å². The van der Waals surface area contributed by atoms with Crippen LogP contribution in [0.25, 0.3) is 0 Å². The van der Waals surface area contributed by atoms with E-state index in [1.54, 1.807) is 12.1 Å². The number of carbonyl (C=O) groups is 1. The molecule has 0 amide bonds. The van der Waals surface area contributed by atoms with E-state index in [1.807, 2.05) is 30.3 Å². The molecule has 1 unspecified atom stereocenters. The monoisotopic (exact) mass is 319 g/mol. The van der Waals surface area contributed by atoms with Crippen LogP contribution in [-0.2, 0) is 0 Å². The minimum absolute atomic E-state index is 0. The Balaban J connectivity index is 0.00000200. The first-order valence-corrected chi connectivity index (χ1v) is 7.27. The molecule has 0 spiro atoms. The maximum absolute atomic E-state index is 12.4. The zero-order valence-corrected chi connectivity index (χ0v) is 13.6. The van der Waals surface area contributed by atoms with E-state index in [9.17, 15) is 4.79 Å². The second-order valence-electron chi connectivity index (χ2n) is 3.76. The normalized spacial score (nSPS) is 10.3. The molecule has 0 aliphatic heterocycles. The van der Waals surface area contributed by atoms with Crippen molar-refractivity contribution in [3.63, 3.8) is 0 Å². The van der Waals surface area contributed by atoms with Gasteiger partial charge in [0.15, 0.2) is 5.52 Å². The van der Waals surface area contributed by atoms with Crippen molar-refractivity contribution in [1.82, 2.24) is 0 Å². The van der Waals surface area contributed by atoms with Crippen LogP contribution in [0.2, 0.25) is 10.0 Å². The predicted octanol–water partition coefficient (Wildman–Crippen LogP) is 1.15. The summed E-state index contributed by atoms with van der Waals surface area (Å²) in [5.41, 5.74) is 0.259. The van der Waals surface area contributed by atoms with Gasteiger partial charge in [-0.3, -0.25) is 4.79 Å². The van der Waals surface area contributed by atoms with Crippen molar-refractivity contribution in [3.05, 3.63) is 58.1 Å². The summed E-state index contributed by atoms with van der Waals surface area (Å²) in [6.07, 6.45) is 0. The summed E-state index contributed by atoms with van der Waals surface area (Å²) in [4.78, 5) is 12.4. The molecule has 1 atom stereocenters. The van der Waals surface area contributed by atoms with E-state index in [0.717, 1.165) is 5.30 Å². The topological polar surface area (TPSA) is 26.3 Å². The molecule has 0 aliphatic rings. The van der Waals surface area contributed by atoms with E-state index in [4.69, 9.17) is 27.9 Å². The number of hydrogen-bond donors (Lipinski definition) is 0. The zero-order chi connectivity index (χ0) is 13.8. The molecule has 0 N–H and O–H groups in total. The van der Waals surface area contributed by atoms with Gasteiger partial charge in [-0.2, -0.15) is 0 Å². The summed E-state index contributed by atoms with van der Waals surface area (Å²) in [5.74, 6) is 0.336. The molecule has 98 valence electrons. The van der Waals surface area contributed by atoms with E-state index < -0.39 is 0 Å². The maximum Gasteiger partial charge on any atom is 1.00 e. The summed E-state index contributed by atoms with van der Waals surface area (Å²) in [6.45, 7) is 0. The molecule has 0 saturated carbocycles. The number of methoxy groups -OCH3 is 1. The molecule has 0 aliphatic carbocycles. The Labute approximate surface area is 141 Å². The average molecular weight is 320 g/mol. The smallest absolute Gasteiger partial charge is 0.494 e. The molecule has 2 rings (SSSR count). The van der Waals surface area contributed by atoms with Gasteiger partial charge in [-0.05, 0) is 26.0 Å². The standard InChI is InChI=1S/C14H11Cl2O2P.Li/c1-18-13-11(16)8-7-10(15)12(13)14(17)19-9-5-3-2-4-6-9;/h2-8,19H,1H3;/q;+1. The Morgan fingerprint density at radius 1 is 1.05 bits per heavy atom. The van der Waals surface area contributed by atoms with Gasteiger partial charge in [0.2, 0.25) is 0 Å². The van der Waals surface area contributed by atoms with Crippen molar-refractivity contribution >= 4 is 42.6 Å². The van der Waals surface area contributed by atoms with Crippen molar-refractivity contribution in [1.29, 1.82) is 0 Å². The van der Waals surface area contributed by atoms with Crippen molar-refractivity contribution in [2.24, 2.45) is 0 Å². The summed E-state index contributed by atoms with van der Waals surface area (Å²) in [5, 5.41) is 1.69. The molecule has 0 aromatic heterocycles. The van der Waals surface area contributed by atoms with Gasteiger partial charge in [0.1, 0.15) is 5.75 Å². The van der Waals surface area contributed by atoms with Gasteiger partial charge in [0, 0.05) is 0 Å². The fourth-order valence-electron chi connectivity index (χ4n) is 1.66. The van der Waals surface area contributed by atoms with Crippen LogP contribution in [0, 0.1) is 0 Å². The number of benzene rings is 2. The molecule has 20 heavy (non-hydrogen) atoms. The van der Waals surface area contributed by atoms with Crippen molar-refractivity contribution < 1.29 is 28.4 Å². The Bertz CT molecular complexity index is 606. The third-order valence-corrected chi connectivity index (χ3v) is 4.23. The van der Waals surface area contributed by atoms with E-state index in [-0.39, 0.29) is 33.0 Å². The minimum Gasteiger partial charge on any atom is -0.494 e. The van der Waals surface area contributed by atoms with E-state index in [2.05, 4.69) is 0 Å². The molecule has 0 saturated heterocycles. The number of carbonyl (C=O) groups excluding carboxylic acids is 1. The van der Waals surface area contributed by atoms with Gasteiger partial charge in [-0.25, -0.2) is 0 Å². The largest absolute Gasteiger partial charge is 1.00 e. The Hall–Kier alpha value is -0.483. The Kier molecular flexibility index (Phi) is 7.10. The molecule has 2 nitrogen and oxygen atoms in total. The van der Waals surface area contributed by atoms with Crippen molar-refractivity contribution in [3.8, 4) is 5.75 Å². The number of hydrogen-bond acceptors (Lipinski definition) is 2. The van der Waals surface area contributed by atoms with Crippen molar-refractivity contribution in [2.45, 2.75) is 0 Å². The number of ether oxygens (including phenoxy) is 1. The maximum atomic E-state index is 12.4. The van der Waals surface area contributed by atoms with Crippen molar-refractivity contribution in [2.75, 3.05) is 7.11 Å². The fraction of sp³-hybridized carbons (Fsp3) is 0.0714. The molecule has 0 radical (unpaired) electrons. The number of rotatable bonds is 4. The molecule has 2 aromatic rings. The van der Waals surface area contributed by atoms with E-state index in [1.165, 1.54) is 7.11 Å². The third-order valence-electron chi connectivity index (χ3n) is 2.52. The van der Waals surface area contributed by atoms with Gasteiger partial charge < -0.3 is 4.74 Å². The Morgan fingerprint density at radius 3 is 2.25 bits per heavy atom. The van der Waals surface area contributed by atoms with Crippen LogP contribution in [0.5, 0.6) is 5.75 Å². The zero-order valence-electron chi connectivity index (χ0n) is 11.1. The molecular formula is C14H11Cl2LiO2P+. The molecule has 0 fully saturated rings. The fourth-order valence-corrected chi connectivity index (χ4v) is 3.20. The van der Waals surface area contributed by atoms with Crippen LogP contribution in [0.4, 0.5) is 0 Å². The minimum atomic E-state index is -0.0875. The molecule has 0 bridgehead atoms. The first-order valence-electron chi connectivity index (χ1n) is 5.52. The molecule has 2 aromatic carbocycles. The van der Waals surface area contributed by atoms with Crippen LogP contribution in [0.3, 0.4) is 0 Å². The van der Waals surface area contributed by atoms with Crippen LogP contribution < -0.4 is 28.9 Å². The average Bonchev–Trinajstić information content (AvgIpc) is 2.42. The predicted molar refractivity (Wildman–Crippen MR) is 81.7 cm³/mol. The van der Waals surface area contributed by atoms with E-state index >= 15 is 0 Å². The van der Waals surface area contributed by atoms with E-state index in [0.29, 0.717) is 21.4 Å². The molecule has 0 heterocycles. The Morgan fingerprint density at radius 2 is 1.65 bits per heavy atom. The van der Waals surface area contributed by atoms with Gasteiger partial charge in [-0.1, -0.05) is 53.5 Å². The first-order chi connectivity index (χ1) is 9.13. The molecular weight excluding hydrogens is 309 g/mol. The quantitative estimate of drug-likeness (QED) is 0.624. The summed E-state index contributed by atoms with van der Waals surface area (Å²) < 4.78 is 5.18. The van der Waals surface area contributed by atoms with Gasteiger partial charge in [-0.15, -0.1) is 0 Å². The molecule has 6 heteroatoms. The summed E-state index contributed by atoms with van der Waals surface area (Å²) >= 11 is 12.1. The van der Waals surface area contributed by atoms with Gasteiger partial charge >= 0.3 is 18.9 Å². The van der Waals surface area contributed by atoms with Gasteiger partial charge in [0.05, 0.1) is 22.7 Å². The van der Waals surface area contributed by atoms with Crippen LogP contribution in [0.15, 0.2) is 42.5 Å². The van der Waals surface area contributed by atoms with Gasteiger partial charge in [0.25, 0.3) is 0 Å². The summed E-state index contributed by atoms with van der Waals surface area (Å²) in [7, 11) is 1.46. The third kappa shape index (κ3) is 4.01. The summed E-state index contributed by atoms with van der Waals surface area (Å²) in [6, 6.07) is 12.7. The first kappa shape index (κ1) is 17.6. The van der Waals surface area contributed by atoms with Crippen LogP contribution in [-0.4, -0.2) is 12.6 Å². The van der Waals surface area contributed by atoms with Crippen LogP contribution >= 0.6 is 31.8 Å². The SMILES string of the molecule is COc1c(Cl)ccc(Cl)c1C(=O)Pc1ccccc1.[Li+]. The second kappa shape index (κ2) is 8.08. The second-order valence-corrected chi connectivity index (χ2v) is 5.85. The number of halogens is 2.